The molecule has 9 nitrogen and oxygen atoms in total. The van der Waals surface area contributed by atoms with Crippen molar-refractivity contribution in [3.05, 3.63) is 78.5 Å². The average Bonchev–Trinajstić information content (AvgIpc) is 3.23. The van der Waals surface area contributed by atoms with Gasteiger partial charge >= 0.3 is 5.97 Å². The van der Waals surface area contributed by atoms with Crippen LogP contribution in [0.25, 0.3) is 6.08 Å². The van der Waals surface area contributed by atoms with Gasteiger partial charge in [-0.25, -0.2) is 9.79 Å². The van der Waals surface area contributed by atoms with Crippen LogP contribution in [-0.2, 0) is 9.53 Å². The van der Waals surface area contributed by atoms with Gasteiger partial charge in [-0.05, 0) is 69.2 Å². The number of fused-ring (bicyclic) bond motifs is 1. The van der Waals surface area contributed by atoms with Gasteiger partial charge in [0, 0.05) is 0 Å². The summed E-state index contributed by atoms with van der Waals surface area (Å²) in [6.45, 7) is 8.36. The van der Waals surface area contributed by atoms with E-state index in [0.29, 0.717) is 62.4 Å². The van der Waals surface area contributed by atoms with Crippen molar-refractivity contribution in [1.82, 2.24) is 4.57 Å². The quantitative estimate of drug-likeness (QED) is 0.355. The molecule has 0 fully saturated rings. The lowest BCUT2D eigenvalue weighted by Crippen LogP contribution is -2.40. The Labute approximate surface area is 230 Å². The van der Waals surface area contributed by atoms with Gasteiger partial charge in [-0.3, -0.25) is 9.36 Å². The molecule has 1 unspecified atom stereocenters. The van der Waals surface area contributed by atoms with E-state index in [-0.39, 0.29) is 12.2 Å². The molecule has 0 saturated carbocycles. The summed E-state index contributed by atoms with van der Waals surface area (Å²) < 4.78 is 29.7. The number of esters is 1. The van der Waals surface area contributed by atoms with Gasteiger partial charge in [0.25, 0.3) is 5.56 Å². The van der Waals surface area contributed by atoms with Gasteiger partial charge in [0.15, 0.2) is 27.8 Å². The van der Waals surface area contributed by atoms with Crippen molar-refractivity contribution < 1.29 is 28.5 Å². The molecule has 1 aliphatic heterocycles. The van der Waals surface area contributed by atoms with Crippen LogP contribution in [0.2, 0.25) is 0 Å². The third-order valence-electron chi connectivity index (χ3n) is 6.11. The Hall–Kier alpha value is -4.05. The number of ether oxygens (including phenoxy) is 5. The zero-order valence-electron chi connectivity index (χ0n) is 22.9. The number of aromatic nitrogens is 1. The largest absolute Gasteiger partial charge is 0.493 e. The summed E-state index contributed by atoms with van der Waals surface area (Å²) in [7, 11) is 3.12. The zero-order chi connectivity index (χ0) is 28.1. The van der Waals surface area contributed by atoms with Gasteiger partial charge in [0.2, 0.25) is 0 Å². The Bertz CT molecular complexity index is 1590. The molecule has 0 spiro atoms. The van der Waals surface area contributed by atoms with Crippen LogP contribution in [0.3, 0.4) is 0 Å². The summed E-state index contributed by atoms with van der Waals surface area (Å²) in [6.07, 6.45) is 1.77. The second-order valence-corrected chi connectivity index (χ2v) is 9.50. The van der Waals surface area contributed by atoms with Gasteiger partial charge < -0.3 is 23.7 Å². The fourth-order valence-corrected chi connectivity index (χ4v) is 5.49. The molecule has 0 bridgehead atoms. The maximum Gasteiger partial charge on any atom is 0.338 e. The molecule has 2 heterocycles. The molecule has 0 amide bonds. The maximum atomic E-state index is 13.9. The SMILES string of the molecule is CCOC(=O)C1=C(C)N=c2sc(=Cc3ccc(OC)c(OC)c3)c(=O)n2C1c1ccc(OCC)c(OCC)c1. The molecule has 1 atom stereocenters. The summed E-state index contributed by atoms with van der Waals surface area (Å²) in [5.41, 5.74) is 1.95. The number of thiazole rings is 1. The molecule has 0 aliphatic carbocycles. The van der Waals surface area contributed by atoms with E-state index in [1.54, 1.807) is 56.9 Å². The fraction of sp³-hybridized carbons (Fsp3) is 0.345. The number of hydrogen-bond acceptors (Lipinski definition) is 9. The summed E-state index contributed by atoms with van der Waals surface area (Å²) in [4.78, 5) is 32.2. The highest BCUT2D eigenvalue weighted by Gasteiger charge is 2.34. The Kier molecular flexibility index (Phi) is 8.75. The summed E-state index contributed by atoms with van der Waals surface area (Å²) in [5, 5.41) is 0. The van der Waals surface area contributed by atoms with Crippen LogP contribution in [0.15, 0.2) is 57.5 Å². The van der Waals surface area contributed by atoms with E-state index in [9.17, 15) is 9.59 Å². The fourth-order valence-electron chi connectivity index (χ4n) is 4.44. The van der Waals surface area contributed by atoms with E-state index in [2.05, 4.69) is 4.99 Å². The molecule has 0 N–H and O–H groups in total. The Morgan fingerprint density at radius 2 is 1.64 bits per heavy atom. The van der Waals surface area contributed by atoms with Crippen molar-refractivity contribution >= 4 is 23.4 Å². The molecule has 4 rings (SSSR count). The monoisotopic (exact) mass is 552 g/mol. The molecule has 3 aromatic rings. The van der Waals surface area contributed by atoms with Crippen LogP contribution in [-0.4, -0.2) is 44.6 Å². The zero-order valence-corrected chi connectivity index (χ0v) is 23.7. The first-order valence-corrected chi connectivity index (χ1v) is 13.5. The molecule has 1 aliphatic rings. The lowest BCUT2D eigenvalue weighted by atomic mass is 9.95. The minimum Gasteiger partial charge on any atom is -0.493 e. The Balaban J connectivity index is 1.94. The highest BCUT2D eigenvalue weighted by atomic mass is 32.1. The molecule has 1 aromatic heterocycles. The lowest BCUT2D eigenvalue weighted by Gasteiger charge is -2.25. The third kappa shape index (κ3) is 5.56. The Morgan fingerprint density at radius 1 is 0.949 bits per heavy atom. The van der Waals surface area contributed by atoms with E-state index in [0.717, 1.165) is 5.56 Å². The summed E-state index contributed by atoms with van der Waals surface area (Å²) in [6, 6.07) is 10.1. The molecule has 39 heavy (non-hydrogen) atoms. The molecule has 0 saturated heterocycles. The molecular formula is C29H32N2O7S. The van der Waals surface area contributed by atoms with Crippen molar-refractivity contribution in [3.8, 4) is 23.0 Å². The van der Waals surface area contributed by atoms with Gasteiger partial charge in [-0.2, -0.15) is 0 Å². The maximum absolute atomic E-state index is 13.9. The minimum atomic E-state index is -0.761. The summed E-state index contributed by atoms with van der Waals surface area (Å²) >= 11 is 1.25. The number of nitrogens with zero attached hydrogens (tertiary/aromatic N) is 2. The smallest absolute Gasteiger partial charge is 0.338 e. The van der Waals surface area contributed by atoms with Crippen LogP contribution >= 0.6 is 11.3 Å². The molecular weight excluding hydrogens is 520 g/mol. The second-order valence-electron chi connectivity index (χ2n) is 8.49. The molecule has 206 valence electrons. The summed E-state index contributed by atoms with van der Waals surface area (Å²) in [5.74, 6) is 1.73. The number of carbonyl (C=O) groups is 1. The average molecular weight is 553 g/mol. The van der Waals surface area contributed by atoms with Gasteiger partial charge in [0.1, 0.15) is 0 Å². The van der Waals surface area contributed by atoms with Crippen molar-refractivity contribution in [2.24, 2.45) is 4.99 Å². The number of benzene rings is 2. The third-order valence-corrected chi connectivity index (χ3v) is 7.09. The topological polar surface area (TPSA) is 97.6 Å². The number of methoxy groups -OCH3 is 2. The highest BCUT2D eigenvalue weighted by Crippen LogP contribution is 2.36. The first-order valence-electron chi connectivity index (χ1n) is 12.7. The van der Waals surface area contributed by atoms with Gasteiger partial charge in [-0.1, -0.05) is 23.5 Å². The molecule has 0 radical (unpaired) electrons. The predicted molar refractivity (Wildman–Crippen MR) is 149 cm³/mol. The minimum absolute atomic E-state index is 0.194. The van der Waals surface area contributed by atoms with E-state index in [4.69, 9.17) is 23.7 Å². The van der Waals surface area contributed by atoms with Gasteiger partial charge in [0.05, 0.1) is 55.9 Å². The van der Waals surface area contributed by atoms with Crippen molar-refractivity contribution in [2.75, 3.05) is 34.0 Å². The van der Waals surface area contributed by atoms with Crippen LogP contribution in [0.5, 0.6) is 23.0 Å². The number of allylic oxidation sites excluding steroid dienone is 1. The Morgan fingerprint density at radius 3 is 2.31 bits per heavy atom. The van der Waals surface area contributed by atoms with Crippen molar-refractivity contribution in [1.29, 1.82) is 0 Å². The molecule has 10 heteroatoms. The van der Waals surface area contributed by atoms with Crippen LogP contribution in [0.4, 0.5) is 0 Å². The van der Waals surface area contributed by atoms with E-state index in [1.807, 2.05) is 32.0 Å². The first-order chi connectivity index (χ1) is 18.9. The highest BCUT2D eigenvalue weighted by molar-refractivity contribution is 7.07. The van der Waals surface area contributed by atoms with Crippen LogP contribution in [0.1, 0.15) is 44.9 Å². The van der Waals surface area contributed by atoms with Crippen molar-refractivity contribution in [3.63, 3.8) is 0 Å². The standard InChI is InChI=1S/C29H32N2O7S/c1-7-36-21-13-11-19(16-23(21)37-8-2)26-25(28(33)38-9-3)17(4)30-29-31(26)27(32)24(39-29)15-18-10-12-20(34-5)22(14-18)35-6/h10-16,26H,7-9H2,1-6H3. The first kappa shape index (κ1) is 28.0. The number of hydrogen-bond donors (Lipinski definition) is 0. The lowest BCUT2D eigenvalue weighted by molar-refractivity contribution is -0.139. The number of rotatable bonds is 10. The molecule has 2 aromatic carbocycles. The predicted octanol–water partition coefficient (Wildman–Crippen LogP) is 3.61. The van der Waals surface area contributed by atoms with E-state index in [1.165, 1.54) is 11.3 Å². The van der Waals surface area contributed by atoms with E-state index < -0.39 is 12.0 Å². The van der Waals surface area contributed by atoms with E-state index >= 15 is 0 Å². The normalized spacial score (nSPS) is 14.9. The van der Waals surface area contributed by atoms with Gasteiger partial charge in [-0.15, -0.1) is 0 Å². The van der Waals surface area contributed by atoms with Crippen molar-refractivity contribution in [2.45, 2.75) is 33.7 Å². The van der Waals surface area contributed by atoms with Crippen LogP contribution in [0, 0.1) is 0 Å². The number of carbonyl (C=O) groups excluding carboxylic acids is 1. The van der Waals surface area contributed by atoms with Crippen LogP contribution < -0.4 is 33.8 Å². The second kappa shape index (κ2) is 12.2.